The zero-order chi connectivity index (χ0) is 18.9. The van der Waals surface area contributed by atoms with Gasteiger partial charge in [0.15, 0.2) is 6.29 Å². The van der Waals surface area contributed by atoms with Crippen molar-refractivity contribution in [1.29, 1.82) is 0 Å². The molecule has 1 aliphatic heterocycles. The van der Waals surface area contributed by atoms with Gasteiger partial charge in [0.25, 0.3) is 0 Å². The van der Waals surface area contributed by atoms with Crippen molar-refractivity contribution in [3.8, 4) is 5.75 Å². The number of rotatable bonds is 4. The van der Waals surface area contributed by atoms with Crippen molar-refractivity contribution in [3.05, 3.63) is 29.3 Å². The number of benzene rings is 1. The van der Waals surface area contributed by atoms with E-state index in [0.29, 0.717) is 31.2 Å². The van der Waals surface area contributed by atoms with Gasteiger partial charge in [0.05, 0.1) is 18.0 Å². The third kappa shape index (κ3) is 4.19. The molecule has 8 nitrogen and oxygen atoms in total. The van der Waals surface area contributed by atoms with Crippen LogP contribution in [0.5, 0.6) is 5.75 Å². The van der Waals surface area contributed by atoms with Crippen molar-refractivity contribution in [2.75, 3.05) is 0 Å². The fourth-order valence-corrected chi connectivity index (χ4v) is 3.69. The third-order valence-corrected chi connectivity index (χ3v) is 5.22. The maximum Gasteiger partial charge on any atom is 0.547 e. The van der Waals surface area contributed by atoms with Crippen LogP contribution in [0.3, 0.4) is 0 Å². The van der Waals surface area contributed by atoms with Crippen LogP contribution in [0.4, 0.5) is 0 Å². The highest BCUT2D eigenvalue weighted by Crippen LogP contribution is 2.33. The summed E-state index contributed by atoms with van der Waals surface area (Å²) in [6.07, 6.45) is 0.835. The molecule has 1 heterocycles. The first-order valence-electron chi connectivity index (χ1n) is 8.87. The largest absolute Gasteiger partial charge is 0.547 e. The number of carbonyl (C=O) groups is 1. The lowest BCUT2D eigenvalue weighted by atomic mass is 9.72. The predicted molar refractivity (Wildman–Crippen MR) is 93.9 cm³/mol. The van der Waals surface area contributed by atoms with E-state index in [1.807, 2.05) is 0 Å². The number of aliphatic hydroxyl groups excluding tert-OH is 1. The molecule has 1 aliphatic carbocycles. The molecule has 0 radical (unpaired) electrons. The fraction of sp³-hybridized carbons (Fsp3) is 0.588. The molecule has 7 N–H and O–H groups in total. The minimum atomic E-state index is -1.71. The Kier molecular flexibility index (Phi) is 5.54. The summed E-state index contributed by atoms with van der Waals surface area (Å²) in [4.78, 5) is 12.3. The number of amides is 1. The van der Waals surface area contributed by atoms with Crippen LogP contribution in [0.2, 0.25) is 0 Å². The summed E-state index contributed by atoms with van der Waals surface area (Å²) in [5.74, 6) is -0.826. The Labute approximate surface area is 152 Å². The summed E-state index contributed by atoms with van der Waals surface area (Å²) in [5.41, 5.74) is 5.60. The Bertz CT molecular complexity index is 663. The molecule has 1 aromatic rings. The van der Waals surface area contributed by atoms with Crippen LogP contribution in [0.1, 0.15) is 49.5 Å². The van der Waals surface area contributed by atoms with Gasteiger partial charge in [0.2, 0.25) is 5.91 Å². The summed E-state index contributed by atoms with van der Waals surface area (Å²) in [7, 11) is -1.32. The van der Waals surface area contributed by atoms with E-state index in [-0.39, 0.29) is 36.1 Å². The van der Waals surface area contributed by atoms with Crippen molar-refractivity contribution in [2.24, 2.45) is 5.73 Å². The van der Waals surface area contributed by atoms with Crippen molar-refractivity contribution < 1.29 is 29.8 Å². The highest BCUT2D eigenvalue weighted by Gasteiger charge is 2.39. The predicted octanol–water partition coefficient (Wildman–Crippen LogP) is -0.868. The van der Waals surface area contributed by atoms with Crippen LogP contribution in [0, 0.1) is 0 Å². The summed E-state index contributed by atoms with van der Waals surface area (Å²) >= 11 is 0. The van der Waals surface area contributed by atoms with Crippen LogP contribution in [0.15, 0.2) is 18.2 Å². The maximum absolute atomic E-state index is 12.3. The number of carbonyl (C=O) groups excluding carboxylic acids is 1. The van der Waals surface area contributed by atoms with Gasteiger partial charge >= 0.3 is 7.12 Å². The molecule has 0 aromatic heterocycles. The number of nitrogens with one attached hydrogen (secondary N) is 1. The standard InChI is InChI=1S/C17H25BN2O6/c19-11-4-6-17(24,7-5-11)9-14(21)20-13-8-10-2-1-3-12(16(22)23)15(10)26-18(13)25/h1-3,11,13,16,22-25H,4-9,19H2,(H,20,21)/t11?,13-,17?/m0/s1. The normalized spacial score (nSPS) is 28.5. The Morgan fingerprint density at radius 1 is 1.38 bits per heavy atom. The molecule has 0 bridgehead atoms. The molecule has 1 saturated carbocycles. The first kappa shape index (κ1) is 19.1. The molecular weight excluding hydrogens is 339 g/mol. The second-order valence-electron chi connectivity index (χ2n) is 7.33. The Balaban J connectivity index is 1.64. The van der Waals surface area contributed by atoms with Crippen LogP contribution < -0.4 is 15.7 Å². The topological polar surface area (TPSA) is 145 Å². The summed E-state index contributed by atoms with van der Waals surface area (Å²) in [6, 6.07) is 4.96. The molecule has 1 aromatic carbocycles. The fourth-order valence-electron chi connectivity index (χ4n) is 3.69. The molecule has 1 amide bonds. The number of fused-ring (bicyclic) bond motifs is 1. The molecule has 2 aliphatic rings. The van der Waals surface area contributed by atoms with Gasteiger partial charge in [-0.3, -0.25) is 4.79 Å². The Hall–Kier alpha value is -1.65. The highest BCUT2D eigenvalue weighted by atomic mass is 16.5. The Morgan fingerprint density at radius 3 is 2.73 bits per heavy atom. The molecule has 26 heavy (non-hydrogen) atoms. The van der Waals surface area contributed by atoms with Crippen molar-refractivity contribution >= 4 is 13.0 Å². The van der Waals surface area contributed by atoms with Gasteiger partial charge in [-0.25, -0.2) is 0 Å². The van der Waals surface area contributed by atoms with Crippen molar-refractivity contribution in [2.45, 2.75) is 62.4 Å². The van der Waals surface area contributed by atoms with E-state index in [4.69, 9.17) is 10.4 Å². The van der Waals surface area contributed by atoms with Gasteiger partial charge in [0.1, 0.15) is 5.75 Å². The number of hydrogen-bond donors (Lipinski definition) is 6. The average molecular weight is 364 g/mol. The first-order chi connectivity index (χ1) is 12.3. The monoisotopic (exact) mass is 364 g/mol. The smallest absolute Gasteiger partial charge is 0.534 e. The lowest BCUT2D eigenvalue weighted by Crippen LogP contribution is -2.54. The van der Waals surface area contributed by atoms with E-state index >= 15 is 0 Å². The van der Waals surface area contributed by atoms with Gasteiger partial charge in [-0.1, -0.05) is 18.2 Å². The number of para-hydroxylation sites is 1. The van der Waals surface area contributed by atoms with E-state index in [2.05, 4.69) is 5.32 Å². The molecule has 9 heteroatoms. The van der Waals surface area contributed by atoms with E-state index in [9.17, 15) is 25.1 Å². The van der Waals surface area contributed by atoms with Crippen LogP contribution in [-0.2, 0) is 11.2 Å². The quantitative estimate of drug-likeness (QED) is 0.301. The summed E-state index contributed by atoms with van der Waals surface area (Å²) in [6.45, 7) is 0. The SMILES string of the molecule is NC1CCC(O)(CC(=O)N[C@H]2Cc3cccc(C(O)O)c3OB2O)CC1. The van der Waals surface area contributed by atoms with Gasteiger partial charge in [0, 0.05) is 11.6 Å². The molecule has 142 valence electrons. The van der Waals surface area contributed by atoms with E-state index in [1.165, 1.54) is 6.07 Å². The van der Waals surface area contributed by atoms with Gasteiger partial charge in [-0.05, 0) is 37.7 Å². The minimum Gasteiger partial charge on any atom is -0.534 e. The second-order valence-corrected chi connectivity index (χ2v) is 7.33. The van der Waals surface area contributed by atoms with Gasteiger partial charge in [-0.2, -0.15) is 0 Å². The van der Waals surface area contributed by atoms with E-state index in [0.717, 1.165) is 0 Å². The molecule has 3 rings (SSSR count). The van der Waals surface area contributed by atoms with Crippen LogP contribution in [-0.4, -0.2) is 51.0 Å². The zero-order valence-corrected chi connectivity index (χ0v) is 14.5. The average Bonchev–Trinajstić information content (AvgIpc) is 2.57. The zero-order valence-electron chi connectivity index (χ0n) is 14.5. The lowest BCUT2D eigenvalue weighted by molar-refractivity contribution is -0.128. The number of hydrogen-bond acceptors (Lipinski definition) is 7. The molecule has 1 fully saturated rings. The molecule has 1 atom stereocenters. The van der Waals surface area contributed by atoms with E-state index < -0.39 is 25.0 Å². The van der Waals surface area contributed by atoms with Crippen LogP contribution >= 0.6 is 0 Å². The van der Waals surface area contributed by atoms with Crippen molar-refractivity contribution in [1.82, 2.24) is 5.32 Å². The molecular formula is C17H25BN2O6. The summed E-state index contributed by atoms with van der Waals surface area (Å²) in [5, 5.41) is 42.2. The maximum atomic E-state index is 12.3. The third-order valence-electron chi connectivity index (χ3n) is 5.22. The molecule has 0 unspecified atom stereocenters. The lowest BCUT2D eigenvalue weighted by Gasteiger charge is -2.35. The molecule has 0 spiro atoms. The second kappa shape index (κ2) is 7.54. The number of nitrogens with two attached hydrogens (primary N) is 1. The molecule has 0 saturated heterocycles. The Morgan fingerprint density at radius 2 is 2.08 bits per heavy atom. The van der Waals surface area contributed by atoms with Crippen molar-refractivity contribution in [3.63, 3.8) is 0 Å². The van der Waals surface area contributed by atoms with E-state index in [1.54, 1.807) is 12.1 Å². The first-order valence-corrected chi connectivity index (χ1v) is 8.87. The van der Waals surface area contributed by atoms with Crippen LogP contribution in [0.25, 0.3) is 0 Å². The minimum absolute atomic E-state index is 0.0504. The van der Waals surface area contributed by atoms with Gasteiger partial charge in [-0.15, -0.1) is 0 Å². The highest BCUT2D eigenvalue weighted by molar-refractivity contribution is 6.46. The summed E-state index contributed by atoms with van der Waals surface area (Å²) < 4.78 is 5.41. The number of aliphatic hydroxyl groups is 3. The van der Waals surface area contributed by atoms with Gasteiger partial charge < -0.3 is 36.0 Å².